The summed E-state index contributed by atoms with van der Waals surface area (Å²) in [7, 11) is 1.94. The van der Waals surface area contributed by atoms with Crippen molar-refractivity contribution in [1.82, 2.24) is 10.2 Å². The molecular weight excluding hydrogens is 336 g/mol. The van der Waals surface area contributed by atoms with Gasteiger partial charge in [-0.25, -0.2) is 0 Å². The lowest BCUT2D eigenvalue weighted by molar-refractivity contribution is -0.131. The molecule has 1 atom stereocenters. The third kappa shape index (κ3) is 4.24. The molecule has 1 aliphatic rings. The Balaban J connectivity index is 1.92. The van der Waals surface area contributed by atoms with E-state index in [1.54, 1.807) is 11.8 Å². The molecular formula is C15H21BrN2OS. The number of hydrogen-bond acceptors (Lipinski definition) is 3. The zero-order valence-corrected chi connectivity index (χ0v) is 14.3. The number of piperidine rings is 1. The molecule has 5 heteroatoms. The number of nitrogens with one attached hydrogen (secondary N) is 1. The number of nitrogens with zero attached hydrogens (tertiary/aromatic N) is 1. The Morgan fingerprint density at radius 1 is 1.35 bits per heavy atom. The van der Waals surface area contributed by atoms with Crippen LogP contribution in [0.3, 0.4) is 0 Å². The molecule has 110 valence electrons. The maximum absolute atomic E-state index is 12.5. The van der Waals surface area contributed by atoms with Gasteiger partial charge in [0.05, 0.1) is 5.25 Å². The molecule has 1 heterocycles. The van der Waals surface area contributed by atoms with Gasteiger partial charge in [-0.1, -0.05) is 15.9 Å². The van der Waals surface area contributed by atoms with E-state index in [0.717, 1.165) is 35.3 Å². The van der Waals surface area contributed by atoms with Crippen molar-refractivity contribution in [3.05, 3.63) is 28.7 Å². The van der Waals surface area contributed by atoms with Crippen LogP contribution in [0.5, 0.6) is 0 Å². The van der Waals surface area contributed by atoms with Crippen molar-refractivity contribution in [3.63, 3.8) is 0 Å². The summed E-state index contributed by atoms with van der Waals surface area (Å²) in [4.78, 5) is 15.6. The first kappa shape index (κ1) is 15.9. The molecule has 1 amide bonds. The van der Waals surface area contributed by atoms with E-state index in [2.05, 4.69) is 21.2 Å². The molecule has 20 heavy (non-hydrogen) atoms. The van der Waals surface area contributed by atoms with Crippen molar-refractivity contribution in [3.8, 4) is 0 Å². The van der Waals surface area contributed by atoms with E-state index in [1.807, 2.05) is 43.1 Å². The fourth-order valence-corrected chi connectivity index (χ4v) is 3.66. The third-order valence-corrected chi connectivity index (χ3v) is 5.31. The SMILES string of the molecule is CC(Sc1ccc(Br)cc1)C(=O)N(C)C1CCNCC1. The molecule has 1 aliphatic heterocycles. The Hall–Kier alpha value is -0.520. The van der Waals surface area contributed by atoms with Crippen molar-refractivity contribution in [1.29, 1.82) is 0 Å². The minimum atomic E-state index is -0.0453. The van der Waals surface area contributed by atoms with Gasteiger partial charge < -0.3 is 10.2 Å². The summed E-state index contributed by atoms with van der Waals surface area (Å²) < 4.78 is 1.06. The molecule has 1 aromatic carbocycles. The van der Waals surface area contributed by atoms with Crippen LogP contribution in [0, 0.1) is 0 Å². The van der Waals surface area contributed by atoms with Gasteiger partial charge in [0, 0.05) is 22.5 Å². The second kappa shape index (κ2) is 7.48. The van der Waals surface area contributed by atoms with Crippen molar-refractivity contribution >= 4 is 33.6 Å². The molecule has 0 aromatic heterocycles. The van der Waals surface area contributed by atoms with Gasteiger partial charge in [0.15, 0.2) is 0 Å². The highest BCUT2D eigenvalue weighted by molar-refractivity contribution is 9.10. The summed E-state index contributed by atoms with van der Waals surface area (Å²) in [6.07, 6.45) is 2.11. The lowest BCUT2D eigenvalue weighted by Gasteiger charge is -2.33. The van der Waals surface area contributed by atoms with Crippen molar-refractivity contribution in [2.45, 2.75) is 36.0 Å². The van der Waals surface area contributed by atoms with Gasteiger partial charge in [-0.15, -0.1) is 11.8 Å². The molecule has 0 bridgehead atoms. The van der Waals surface area contributed by atoms with E-state index >= 15 is 0 Å². The first-order valence-electron chi connectivity index (χ1n) is 6.97. The predicted molar refractivity (Wildman–Crippen MR) is 88.1 cm³/mol. The lowest BCUT2D eigenvalue weighted by atomic mass is 10.1. The van der Waals surface area contributed by atoms with E-state index in [4.69, 9.17) is 0 Å². The maximum atomic E-state index is 12.5. The van der Waals surface area contributed by atoms with Crippen LogP contribution in [0.1, 0.15) is 19.8 Å². The molecule has 1 N–H and O–H groups in total. The van der Waals surface area contributed by atoms with Crippen LogP contribution in [0.15, 0.2) is 33.6 Å². The molecule has 1 saturated heterocycles. The fraction of sp³-hybridized carbons (Fsp3) is 0.533. The van der Waals surface area contributed by atoms with E-state index in [9.17, 15) is 4.79 Å². The zero-order chi connectivity index (χ0) is 14.5. The van der Waals surface area contributed by atoms with Gasteiger partial charge in [-0.2, -0.15) is 0 Å². The summed E-state index contributed by atoms with van der Waals surface area (Å²) in [6.45, 7) is 4.01. The number of amides is 1. The summed E-state index contributed by atoms with van der Waals surface area (Å²) in [6, 6.07) is 8.50. The first-order chi connectivity index (χ1) is 9.58. The van der Waals surface area contributed by atoms with Crippen LogP contribution in [0.4, 0.5) is 0 Å². The molecule has 3 nitrogen and oxygen atoms in total. The van der Waals surface area contributed by atoms with Crippen molar-refractivity contribution in [2.24, 2.45) is 0 Å². The molecule has 0 aliphatic carbocycles. The molecule has 1 fully saturated rings. The van der Waals surface area contributed by atoms with E-state index in [1.165, 1.54) is 0 Å². The Morgan fingerprint density at radius 2 is 1.95 bits per heavy atom. The third-order valence-electron chi connectivity index (χ3n) is 3.68. The van der Waals surface area contributed by atoms with Gasteiger partial charge in [0.2, 0.25) is 5.91 Å². The number of carbonyl (C=O) groups excluding carboxylic acids is 1. The highest BCUT2D eigenvalue weighted by atomic mass is 79.9. The second-order valence-electron chi connectivity index (χ2n) is 5.14. The summed E-state index contributed by atoms with van der Waals surface area (Å²) in [5.41, 5.74) is 0. The maximum Gasteiger partial charge on any atom is 0.235 e. The number of halogens is 1. The van der Waals surface area contributed by atoms with Gasteiger partial charge >= 0.3 is 0 Å². The number of hydrogen-bond donors (Lipinski definition) is 1. The molecule has 2 rings (SSSR count). The van der Waals surface area contributed by atoms with Crippen LogP contribution in [-0.2, 0) is 4.79 Å². The van der Waals surface area contributed by atoms with Crippen LogP contribution in [-0.4, -0.2) is 42.2 Å². The second-order valence-corrected chi connectivity index (χ2v) is 7.47. The number of thioether (sulfide) groups is 1. The van der Waals surface area contributed by atoms with Gasteiger partial charge in [0.1, 0.15) is 0 Å². The Morgan fingerprint density at radius 3 is 2.55 bits per heavy atom. The van der Waals surface area contributed by atoms with Crippen LogP contribution < -0.4 is 5.32 Å². The fourth-order valence-electron chi connectivity index (χ4n) is 2.43. The Labute approximate surface area is 133 Å². The van der Waals surface area contributed by atoms with E-state index < -0.39 is 0 Å². The van der Waals surface area contributed by atoms with Gasteiger partial charge in [-0.05, 0) is 57.1 Å². The highest BCUT2D eigenvalue weighted by Crippen LogP contribution is 2.26. The van der Waals surface area contributed by atoms with Crippen LogP contribution >= 0.6 is 27.7 Å². The topological polar surface area (TPSA) is 32.3 Å². The predicted octanol–water partition coefficient (Wildman–Crippen LogP) is 3.14. The first-order valence-corrected chi connectivity index (χ1v) is 8.65. The molecule has 0 radical (unpaired) electrons. The lowest BCUT2D eigenvalue weighted by Crippen LogP contribution is -2.46. The number of rotatable bonds is 4. The number of carbonyl (C=O) groups is 1. The van der Waals surface area contributed by atoms with Crippen molar-refractivity contribution < 1.29 is 4.79 Å². The minimum Gasteiger partial charge on any atom is -0.342 e. The smallest absolute Gasteiger partial charge is 0.235 e. The molecule has 1 unspecified atom stereocenters. The van der Waals surface area contributed by atoms with Crippen LogP contribution in [0.25, 0.3) is 0 Å². The normalized spacial score (nSPS) is 17.8. The van der Waals surface area contributed by atoms with E-state index in [0.29, 0.717) is 6.04 Å². The standard InChI is InChI=1S/C15H21BrN2OS/c1-11(20-14-5-3-12(16)4-6-14)15(19)18(2)13-7-9-17-10-8-13/h3-6,11,13,17H,7-10H2,1-2H3. The highest BCUT2D eigenvalue weighted by Gasteiger charge is 2.25. The molecule has 1 aromatic rings. The van der Waals surface area contributed by atoms with Crippen LogP contribution in [0.2, 0.25) is 0 Å². The average Bonchev–Trinajstić information content (AvgIpc) is 2.49. The largest absolute Gasteiger partial charge is 0.342 e. The average molecular weight is 357 g/mol. The summed E-state index contributed by atoms with van der Waals surface area (Å²) in [5, 5.41) is 3.29. The van der Waals surface area contributed by atoms with Gasteiger partial charge in [-0.3, -0.25) is 4.79 Å². The zero-order valence-electron chi connectivity index (χ0n) is 11.9. The van der Waals surface area contributed by atoms with E-state index in [-0.39, 0.29) is 11.2 Å². The molecule has 0 saturated carbocycles. The Kier molecular flexibility index (Phi) is 5.93. The summed E-state index contributed by atoms with van der Waals surface area (Å²) in [5.74, 6) is 0.227. The van der Waals surface area contributed by atoms with Gasteiger partial charge in [0.25, 0.3) is 0 Å². The summed E-state index contributed by atoms with van der Waals surface area (Å²) >= 11 is 5.05. The Bertz CT molecular complexity index is 446. The minimum absolute atomic E-state index is 0.0453. The monoisotopic (exact) mass is 356 g/mol. The number of benzene rings is 1. The van der Waals surface area contributed by atoms with Crippen molar-refractivity contribution in [2.75, 3.05) is 20.1 Å². The molecule has 0 spiro atoms. The quantitative estimate of drug-likeness (QED) is 0.841.